The Morgan fingerprint density at radius 2 is 2.24 bits per heavy atom. The minimum absolute atomic E-state index is 0.289. The van der Waals surface area contributed by atoms with Gasteiger partial charge in [-0.25, -0.2) is 8.42 Å². The lowest BCUT2D eigenvalue weighted by Gasteiger charge is -2.01. The van der Waals surface area contributed by atoms with Gasteiger partial charge in [0.15, 0.2) is 14.6 Å². The topological polar surface area (TPSA) is 62.9 Å². The molecule has 0 fully saturated rings. The molecule has 0 atom stereocenters. The number of benzene rings is 1. The normalized spacial score (nSPS) is 11.8. The summed E-state index contributed by atoms with van der Waals surface area (Å²) >= 11 is 1.27. The molecule has 1 aromatic carbocycles. The van der Waals surface area contributed by atoms with E-state index in [0.717, 1.165) is 10.2 Å². The highest BCUT2D eigenvalue weighted by atomic mass is 32.2. The van der Waals surface area contributed by atoms with Crippen molar-refractivity contribution >= 4 is 31.4 Å². The molecule has 0 saturated heterocycles. The average molecular weight is 268 g/mol. The fraction of sp³-hybridized carbons (Fsp3) is 0.182. The second-order valence-corrected chi connectivity index (χ2v) is 6.75. The predicted molar refractivity (Wildman–Crippen MR) is 69.0 cm³/mol. The molecule has 90 valence electrons. The molecule has 2 rings (SSSR count). The minimum atomic E-state index is -3.19. The van der Waals surface area contributed by atoms with E-state index in [1.807, 2.05) is 0 Å². The van der Waals surface area contributed by atoms with E-state index >= 15 is 0 Å². The van der Waals surface area contributed by atoms with Crippen LogP contribution in [0.25, 0.3) is 10.2 Å². The zero-order valence-corrected chi connectivity index (χ0v) is 10.9. The van der Waals surface area contributed by atoms with Gasteiger partial charge in [0.25, 0.3) is 0 Å². The second kappa shape index (κ2) is 4.12. The number of sulfone groups is 1. The molecule has 0 unspecified atom stereocenters. The van der Waals surface area contributed by atoms with E-state index in [9.17, 15) is 8.42 Å². The van der Waals surface area contributed by atoms with Crippen molar-refractivity contribution in [2.24, 2.45) is 0 Å². The Kier molecular flexibility index (Phi) is 2.92. The lowest BCUT2D eigenvalue weighted by molar-refractivity contribution is 0.602. The van der Waals surface area contributed by atoms with E-state index in [1.54, 1.807) is 28.8 Å². The first-order chi connectivity index (χ1) is 7.93. The summed E-state index contributed by atoms with van der Waals surface area (Å²) in [6, 6.07) is 4.93. The molecular formula is C11H12N2O2S2. The molecule has 0 aliphatic heterocycles. The summed E-state index contributed by atoms with van der Waals surface area (Å²) < 4.78 is 25.5. The van der Waals surface area contributed by atoms with Gasteiger partial charge in [0.05, 0.1) is 15.1 Å². The SMILES string of the molecule is C=CCn1c(=N)sc2cc(S(C)(=O)=O)ccc21. The Hall–Kier alpha value is -1.40. The smallest absolute Gasteiger partial charge is 0.183 e. The number of rotatable bonds is 3. The van der Waals surface area contributed by atoms with Gasteiger partial charge in [0, 0.05) is 12.8 Å². The molecule has 1 N–H and O–H groups in total. The first-order valence-electron chi connectivity index (χ1n) is 4.92. The molecule has 0 spiro atoms. The van der Waals surface area contributed by atoms with E-state index in [0.29, 0.717) is 11.3 Å². The van der Waals surface area contributed by atoms with Gasteiger partial charge in [0.2, 0.25) is 0 Å². The van der Waals surface area contributed by atoms with Crippen molar-refractivity contribution in [2.75, 3.05) is 6.26 Å². The predicted octanol–water partition coefficient (Wildman–Crippen LogP) is 1.77. The van der Waals surface area contributed by atoms with Crippen LogP contribution in [-0.4, -0.2) is 19.2 Å². The second-order valence-electron chi connectivity index (χ2n) is 3.71. The number of fused-ring (bicyclic) bond motifs is 1. The Labute approximate surface area is 103 Å². The lowest BCUT2D eigenvalue weighted by atomic mass is 10.3. The van der Waals surface area contributed by atoms with Gasteiger partial charge in [-0.05, 0) is 18.2 Å². The Balaban J connectivity index is 2.74. The number of hydrogen-bond acceptors (Lipinski definition) is 4. The minimum Gasteiger partial charge on any atom is -0.313 e. The number of nitrogens with zero attached hydrogens (tertiary/aromatic N) is 1. The van der Waals surface area contributed by atoms with Crippen molar-refractivity contribution in [3.8, 4) is 0 Å². The van der Waals surface area contributed by atoms with Crippen LogP contribution in [0.15, 0.2) is 35.7 Å². The van der Waals surface area contributed by atoms with Crippen LogP contribution in [0.4, 0.5) is 0 Å². The third-order valence-corrected chi connectivity index (χ3v) is 4.48. The molecule has 1 aromatic heterocycles. The van der Waals surface area contributed by atoms with Crippen molar-refractivity contribution in [3.05, 3.63) is 35.7 Å². The van der Waals surface area contributed by atoms with Crippen LogP contribution in [0.2, 0.25) is 0 Å². The summed E-state index contributed by atoms with van der Waals surface area (Å²) in [4.78, 5) is 0.683. The number of allylic oxidation sites excluding steroid dienone is 1. The van der Waals surface area contributed by atoms with Crippen LogP contribution >= 0.6 is 11.3 Å². The van der Waals surface area contributed by atoms with Gasteiger partial charge in [-0.1, -0.05) is 17.4 Å². The van der Waals surface area contributed by atoms with Crippen LogP contribution in [0, 0.1) is 5.41 Å². The van der Waals surface area contributed by atoms with E-state index in [4.69, 9.17) is 5.41 Å². The molecule has 1 heterocycles. The Morgan fingerprint density at radius 1 is 1.53 bits per heavy atom. The maximum absolute atomic E-state index is 11.4. The maximum Gasteiger partial charge on any atom is 0.183 e. The maximum atomic E-state index is 11.4. The van der Waals surface area contributed by atoms with Crippen molar-refractivity contribution in [1.82, 2.24) is 4.57 Å². The van der Waals surface area contributed by atoms with Crippen molar-refractivity contribution in [1.29, 1.82) is 5.41 Å². The number of thiazole rings is 1. The molecule has 4 nitrogen and oxygen atoms in total. The average Bonchev–Trinajstić information content (AvgIpc) is 2.54. The molecule has 0 aliphatic rings. The monoisotopic (exact) mass is 268 g/mol. The fourth-order valence-corrected chi connectivity index (χ4v) is 3.29. The summed E-state index contributed by atoms with van der Waals surface area (Å²) in [6.45, 7) is 4.20. The van der Waals surface area contributed by atoms with E-state index < -0.39 is 9.84 Å². The highest BCUT2D eigenvalue weighted by Crippen LogP contribution is 2.21. The van der Waals surface area contributed by atoms with E-state index in [-0.39, 0.29) is 4.90 Å². The third-order valence-electron chi connectivity index (χ3n) is 2.41. The first-order valence-corrected chi connectivity index (χ1v) is 7.63. The quantitative estimate of drug-likeness (QED) is 0.862. The molecule has 6 heteroatoms. The third kappa shape index (κ3) is 2.18. The molecule has 0 amide bonds. The van der Waals surface area contributed by atoms with Crippen LogP contribution in [0.1, 0.15) is 0 Å². The summed E-state index contributed by atoms with van der Waals surface area (Å²) in [6.07, 6.45) is 2.90. The largest absolute Gasteiger partial charge is 0.313 e. The first kappa shape index (κ1) is 12.1. The van der Waals surface area contributed by atoms with Crippen molar-refractivity contribution < 1.29 is 8.42 Å². The van der Waals surface area contributed by atoms with Crippen LogP contribution < -0.4 is 4.80 Å². The standard InChI is InChI=1S/C11H12N2O2S2/c1-3-6-13-9-5-4-8(17(2,14)15)7-10(9)16-11(13)12/h3-5,7,12H,1,6H2,2H3. The molecule has 0 aliphatic carbocycles. The summed E-state index contributed by atoms with van der Waals surface area (Å²) in [5.74, 6) is 0. The molecule has 17 heavy (non-hydrogen) atoms. The van der Waals surface area contributed by atoms with Gasteiger partial charge >= 0.3 is 0 Å². The van der Waals surface area contributed by atoms with Crippen molar-refractivity contribution in [2.45, 2.75) is 11.4 Å². The van der Waals surface area contributed by atoms with E-state index in [2.05, 4.69) is 6.58 Å². The number of nitrogens with one attached hydrogen (secondary N) is 1. The number of aromatic nitrogens is 1. The fourth-order valence-electron chi connectivity index (χ4n) is 1.61. The highest BCUT2D eigenvalue weighted by molar-refractivity contribution is 7.90. The summed E-state index contributed by atoms with van der Waals surface area (Å²) in [5, 5.41) is 7.81. The van der Waals surface area contributed by atoms with Gasteiger partial charge in [-0.3, -0.25) is 5.41 Å². The lowest BCUT2D eigenvalue weighted by Crippen LogP contribution is -2.11. The zero-order chi connectivity index (χ0) is 12.6. The molecule has 0 bridgehead atoms. The Morgan fingerprint density at radius 3 is 2.82 bits per heavy atom. The molecular weight excluding hydrogens is 256 g/mol. The molecule has 0 saturated carbocycles. The van der Waals surface area contributed by atoms with Gasteiger partial charge in [-0.15, -0.1) is 6.58 Å². The summed E-state index contributed by atoms with van der Waals surface area (Å²) in [5.41, 5.74) is 0.868. The van der Waals surface area contributed by atoms with Crippen LogP contribution in [0.3, 0.4) is 0 Å². The van der Waals surface area contributed by atoms with Gasteiger partial charge < -0.3 is 4.57 Å². The molecule has 2 aromatic rings. The summed E-state index contributed by atoms with van der Waals surface area (Å²) in [7, 11) is -3.19. The number of hydrogen-bond donors (Lipinski definition) is 1. The van der Waals surface area contributed by atoms with Gasteiger partial charge in [0.1, 0.15) is 0 Å². The van der Waals surface area contributed by atoms with Crippen molar-refractivity contribution in [3.63, 3.8) is 0 Å². The van der Waals surface area contributed by atoms with Crippen LogP contribution in [-0.2, 0) is 16.4 Å². The Bertz CT molecular complexity index is 738. The van der Waals surface area contributed by atoms with Crippen LogP contribution in [0.5, 0.6) is 0 Å². The van der Waals surface area contributed by atoms with E-state index in [1.165, 1.54) is 17.6 Å². The zero-order valence-electron chi connectivity index (χ0n) is 9.30. The van der Waals surface area contributed by atoms with Gasteiger partial charge in [-0.2, -0.15) is 0 Å². The highest BCUT2D eigenvalue weighted by Gasteiger charge is 2.10. The molecule has 0 radical (unpaired) electrons.